The average Bonchev–Trinajstić information content (AvgIpc) is 3.09. The van der Waals surface area contributed by atoms with Gasteiger partial charge in [-0.25, -0.2) is 14.6 Å². The Labute approximate surface area is 140 Å². The zero-order valence-electron chi connectivity index (χ0n) is 12.5. The predicted molar refractivity (Wildman–Crippen MR) is 84.5 cm³/mol. The molecule has 0 radical (unpaired) electrons. The number of thioether (sulfide) groups is 2. The van der Waals surface area contributed by atoms with Crippen LogP contribution in [0.5, 0.6) is 0 Å². The van der Waals surface area contributed by atoms with Crippen LogP contribution < -0.4 is 0 Å². The Hall–Kier alpha value is -0.910. The molecule has 2 saturated heterocycles. The average molecular weight is 356 g/mol. The summed E-state index contributed by atoms with van der Waals surface area (Å²) in [6, 6.07) is 0. The first-order valence-electron chi connectivity index (χ1n) is 7.11. The van der Waals surface area contributed by atoms with Gasteiger partial charge in [0, 0.05) is 6.20 Å². The first-order chi connectivity index (χ1) is 11.2. The lowest BCUT2D eigenvalue weighted by Crippen LogP contribution is -2.34. The van der Waals surface area contributed by atoms with Gasteiger partial charge in [-0.2, -0.15) is 0 Å². The number of aliphatic hydroxyl groups excluding tert-OH is 2. The monoisotopic (exact) mass is 356 g/mol. The summed E-state index contributed by atoms with van der Waals surface area (Å²) in [7, 11) is 0. The first kappa shape index (κ1) is 15.6. The number of rotatable bonds is 5. The fourth-order valence-corrected chi connectivity index (χ4v) is 3.79. The minimum atomic E-state index is -0.954. The van der Waals surface area contributed by atoms with Gasteiger partial charge < -0.3 is 19.7 Å². The molecule has 0 spiro atoms. The van der Waals surface area contributed by atoms with Crippen LogP contribution in [0.4, 0.5) is 0 Å². The van der Waals surface area contributed by atoms with Gasteiger partial charge in [0.05, 0.1) is 12.0 Å². The Bertz CT molecular complexity index is 742. The van der Waals surface area contributed by atoms with Gasteiger partial charge in [0.25, 0.3) is 0 Å². The molecule has 2 aliphatic rings. The molecule has 10 heteroatoms. The van der Waals surface area contributed by atoms with Crippen LogP contribution in [0, 0.1) is 0 Å². The molecule has 23 heavy (non-hydrogen) atoms. The van der Waals surface area contributed by atoms with Crippen molar-refractivity contribution in [2.45, 2.75) is 40.8 Å². The lowest BCUT2D eigenvalue weighted by Gasteiger charge is -2.20. The molecule has 0 unspecified atom stereocenters. The molecular weight excluding hydrogens is 340 g/mol. The maximum atomic E-state index is 9.80. The van der Waals surface area contributed by atoms with E-state index in [4.69, 9.17) is 14.6 Å². The van der Waals surface area contributed by atoms with Crippen LogP contribution in [0.3, 0.4) is 0 Å². The van der Waals surface area contributed by atoms with E-state index < -0.39 is 18.4 Å². The normalized spacial score (nSPS) is 30.6. The van der Waals surface area contributed by atoms with Gasteiger partial charge in [0.15, 0.2) is 17.0 Å². The van der Waals surface area contributed by atoms with Crippen molar-refractivity contribution in [1.82, 2.24) is 19.7 Å². The number of fused-ring (bicyclic) bond motifs is 2. The van der Waals surface area contributed by atoms with Crippen LogP contribution in [-0.4, -0.2) is 73.5 Å². The largest absolute Gasteiger partial charge is 0.394 e. The van der Waals surface area contributed by atoms with Crippen molar-refractivity contribution in [1.29, 1.82) is 0 Å². The zero-order chi connectivity index (χ0) is 16.1. The number of nitrogens with zero attached hydrogens (tertiary/aromatic N) is 4. The molecule has 8 nitrogen and oxygen atoms in total. The van der Waals surface area contributed by atoms with Crippen LogP contribution in [0.2, 0.25) is 0 Å². The highest BCUT2D eigenvalue weighted by atomic mass is 32.2. The zero-order valence-corrected chi connectivity index (χ0v) is 14.1. The Morgan fingerprint density at radius 1 is 1.26 bits per heavy atom. The highest BCUT2D eigenvalue weighted by molar-refractivity contribution is 7.99. The minimum absolute atomic E-state index is 0.152. The third-order valence-corrected chi connectivity index (χ3v) is 5.25. The minimum Gasteiger partial charge on any atom is -0.394 e. The van der Waals surface area contributed by atoms with E-state index in [1.165, 1.54) is 11.8 Å². The van der Waals surface area contributed by atoms with E-state index in [1.807, 2.05) is 18.7 Å². The molecule has 5 atom stereocenters. The second-order valence-corrected chi connectivity index (χ2v) is 6.94. The number of aromatic nitrogens is 4. The maximum Gasteiger partial charge on any atom is 0.190 e. The lowest BCUT2D eigenvalue weighted by molar-refractivity contribution is -0.124. The Kier molecular flexibility index (Phi) is 3.98. The van der Waals surface area contributed by atoms with Gasteiger partial charge in [0.2, 0.25) is 0 Å². The fourth-order valence-electron chi connectivity index (χ4n) is 2.83. The molecule has 2 fully saturated rings. The molecular formula is C13H16N4O4S2. The van der Waals surface area contributed by atoms with Gasteiger partial charge in [-0.3, -0.25) is 0 Å². The SMILES string of the molecule is CSc1nc(SC)c2cn([C@@H]3O[C@H]([C@H](O)CO)[C@H]4O[C@H]43)nc2n1. The van der Waals surface area contributed by atoms with Crippen LogP contribution in [0.1, 0.15) is 6.23 Å². The third kappa shape index (κ3) is 2.53. The number of ether oxygens (including phenoxy) is 2. The Balaban J connectivity index is 1.68. The van der Waals surface area contributed by atoms with Gasteiger partial charge >= 0.3 is 0 Å². The molecule has 0 saturated carbocycles. The molecule has 4 rings (SSSR count). The molecule has 2 aromatic heterocycles. The number of epoxide rings is 1. The second kappa shape index (κ2) is 5.87. The van der Waals surface area contributed by atoms with Crippen LogP contribution in [0.25, 0.3) is 11.0 Å². The van der Waals surface area contributed by atoms with Crippen molar-refractivity contribution in [3.8, 4) is 0 Å². The number of hydrogen-bond donors (Lipinski definition) is 2. The van der Waals surface area contributed by atoms with Crippen molar-refractivity contribution >= 4 is 34.6 Å². The van der Waals surface area contributed by atoms with Gasteiger partial charge in [0.1, 0.15) is 29.4 Å². The Morgan fingerprint density at radius 3 is 2.78 bits per heavy atom. The lowest BCUT2D eigenvalue weighted by atomic mass is 10.1. The van der Waals surface area contributed by atoms with Crippen LogP contribution in [-0.2, 0) is 9.47 Å². The first-order valence-corrected chi connectivity index (χ1v) is 9.56. The van der Waals surface area contributed by atoms with Gasteiger partial charge in [-0.1, -0.05) is 11.8 Å². The molecule has 2 aliphatic heterocycles. The summed E-state index contributed by atoms with van der Waals surface area (Å²) in [6.07, 6.45) is 3.48. The molecule has 2 N–H and O–H groups in total. The smallest absolute Gasteiger partial charge is 0.190 e. The van der Waals surface area contributed by atoms with E-state index in [-0.39, 0.29) is 18.8 Å². The summed E-state index contributed by atoms with van der Waals surface area (Å²) in [6.45, 7) is -0.357. The van der Waals surface area contributed by atoms with E-state index in [1.54, 1.807) is 16.4 Å². The summed E-state index contributed by atoms with van der Waals surface area (Å²) in [5.74, 6) is 0. The quantitative estimate of drug-likeness (QED) is 0.338. The van der Waals surface area contributed by atoms with Crippen LogP contribution >= 0.6 is 23.5 Å². The molecule has 2 aromatic rings. The number of hydrogen-bond acceptors (Lipinski definition) is 9. The Morgan fingerprint density at radius 2 is 2.09 bits per heavy atom. The van der Waals surface area contributed by atoms with E-state index in [2.05, 4.69) is 15.1 Å². The fraction of sp³-hybridized carbons (Fsp3) is 0.615. The molecule has 0 aromatic carbocycles. The second-order valence-electron chi connectivity index (χ2n) is 5.37. The van der Waals surface area contributed by atoms with E-state index in [9.17, 15) is 5.11 Å². The highest BCUT2D eigenvalue weighted by Gasteiger charge is 2.61. The van der Waals surface area contributed by atoms with Gasteiger partial charge in [-0.15, -0.1) is 16.9 Å². The molecule has 0 amide bonds. The van der Waals surface area contributed by atoms with Crippen molar-refractivity contribution < 1.29 is 19.7 Å². The summed E-state index contributed by atoms with van der Waals surface area (Å²) in [5.41, 5.74) is 0.612. The molecule has 0 bridgehead atoms. The molecule has 124 valence electrons. The van der Waals surface area contributed by atoms with E-state index in [0.29, 0.717) is 10.8 Å². The summed E-state index contributed by atoms with van der Waals surface area (Å²) in [5, 5.41) is 25.8. The predicted octanol–water partition coefficient (Wildman–Crippen LogP) is 0.288. The van der Waals surface area contributed by atoms with Crippen molar-refractivity contribution in [2.24, 2.45) is 0 Å². The molecule has 0 aliphatic carbocycles. The van der Waals surface area contributed by atoms with E-state index >= 15 is 0 Å². The third-order valence-electron chi connectivity index (χ3n) is 4.01. The topological polar surface area (TPSA) is 106 Å². The van der Waals surface area contributed by atoms with Crippen molar-refractivity contribution in [2.75, 3.05) is 19.1 Å². The maximum absolute atomic E-state index is 9.80. The highest BCUT2D eigenvalue weighted by Crippen LogP contribution is 2.46. The van der Waals surface area contributed by atoms with E-state index in [0.717, 1.165) is 10.4 Å². The van der Waals surface area contributed by atoms with Crippen molar-refractivity contribution in [3.05, 3.63) is 6.20 Å². The van der Waals surface area contributed by atoms with Crippen molar-refractivity contribution in [3.63, 3.8) is 0 Å². The number of aliphatic hydroxyl groups is 2. The molecule has 4 heterocycles. The standard InChI is InChI=1S/C13H16N4O4S2/c1-22-11-5-3-17(16-10(5)14-13(15-11)23-2)12-9-8(20-9)7(21-12)6(19)4-18/h3,6-9,12,18-19H,4H2,1-2H3/t6-,7-,8-,9-,12-/m1/s1. The van der Waals surface area contributed by atoms with Crippen LogP contribution in [0.15, 0.2) is 16.4 Å². The summed E-state index contributed by atoms with van der Waals surface area (Å²) in [4.78, 5) is 8.90. The summed E-state index contributed by atoms with van der Waals surface area (Å²) < 4.78 is 13.1. The van der Waals surface area contributed by atoms with Gasteiger partial charge in [-0.05, 0) is 12.5 Å². The summed E-state index contributed by atoms with van der Waals surface area (Å²) >= 11 is 3.01.